The van der Waals surface area contributed by atoms with Gasteiger partial charge in [0.25, 0.3) is 0 Å². The topological polar surface area (TPSA) is 92.4 Å². The van der Waals surface area contributed by atoms with Crippen LogP contribution in [-0.2, 0) is 16.1 Å². The summed E-state index contributed by atoms with van der Waals surface area (Å²) in [7, 11) is 0. The standard InChI is InChI=1S/C14H20N2O3Se.ClH/c15-12(14(18)19)6-8-20-9-7-13(17)16-10-11-4-2-1-3-5-11;/h1-5,12H,6-10,15H2,(H,16,17)(H,18,19);1H/t12-;/m0./s1. The molecule has 5 nitrogen and oxygen atoms in total. The molecule has 0 fully saturated rings. The van der Waals surface area contributed by atoms with E-state index in [1.165, 1.54) is 0 Å². The zero-order valence-corrected chi connectivity index (χ0v) is 14.2. The van der Waals surface area contributed by atoms with Gasteiger partial charge in [0.05, 0.1) is 0 Å². The Balaban J connectivity index is 0.00000400. The van der Waals surface area contributed by atoms with Crippen LogP contribution < -0.4 is 11.1 Å². The van der Waals surface area contributed by atoms with Crippen molar-refractivity contribution in [2.24, 2.45) is 5.73 Å². The molecule has 4 N–H and O–H groups in total. The molecule has 0 unspecified atom stereocenters. The van der Waals surface area contributed by atoms with E-state index < -0.39 is 12.0 Å². The molecule has 21 heavy (non-hydrogen) atoms. The van der Waals surface area contributed by atoms with Crippen molar-refractivity contribution in [3.05, 3.63) is 35.9 Å². The molecule has 1 aromatic carbocycles. The van der Waals surface area contributed by atoms with Crippen LogP contribution >= 0.6 is 12.4 Å². The SMILES string of the molecule is Cl.N[C@@H](CC[Se]CCC(=O)NCc1ccccc1)C(=O)O. The van der Waals surface area contributed by atoms with E-state index in [9.17, 15) is 9.59 Å². The maximum atomic E-state index is 11.6. The molecule has 0 spiro atoms. The Morgan fingerprint density at radius 3 is 2.52 bits per heavy atom. The first-order valence-corrected chi connectivity index (χ1v) is 8.88. The number of nitrogens with two attached hydrogens (primary N) is 1. The van der Waals surface area contributed by atoms with Crippen LogP contribution in [0.5, 0.6) is 0 Å². The summed E-state index contributed by atoms with van der Waals surface area (Å²) in [6.45, 7) is 0.552. The molecular weight excluding hydrogens is 359 g/mol. The summed E-state index contributed by atoms with van der Waals surface area (Å²) in [4.78, 5) is 22.1. The Labute approximate surface area is 137 Å². The second-order valence-electron chi connectivity index (χ2n) is 4.36. The van der Waals surface area contributed by atoms with Crippen molar-refractivity contribution in [2.75, 3.05) is 0 Å². The van der Waals surface area contributed by atoms with Gasteiger partial charge < -0.3 is 0 Å². The van der Waals surface area contributed by atoms with Crippen LogP contribution in [0.1, 0.15) is 18.4 Å². The number of amides is 1. The van der Waals surface area contributed by atoms with Crippen molar-refractivity contribution >= 4 is 39.2 Å². The van der Waals surface area contributed by atoms with Crippen molar-refractivity contribution in [2.45, 2.75) is 36.1 Å². The Morgan fingerprint density at radius 2 is 1.90 bits per heavy atom. The fraction of sp³-hybridized carbons (Fsp3) is 0.429. The predicted octanol–water partition coefficient (Wildman–Crippen LogP) is 1.46. The Morgan fingerprint density at radius 1 is 1.24 bits per heavy atom. The van der Waals surface area contributed by atoms with Crippen LogP contribution in [0.4, 0.5) is 0 Å². The number of hydrogen-bond acceptors (Lipinski definition) is 3. The number of halogens is 1. The van der Waals surface area contributed by atoms with Gasteiger partial charge in [-0.2, -0.15) is 0 Å². The molecule has 0 bridgehead atoms. The van der Waals surface area contributed by atoms with Gasteiger partial charge in [0, 0.05) is 0 Å². The number of rotatable bonds is 9. The van der Waals surface area contributed by atoms with Gasteiger partial charge in [-0.05, 0) is 0 Å². The number of carbonyl (C=O) groups is 2. The van der Waals surface area contributed by atoms with Crippen molar-refractivity contribution < 1.29 is 14.7 Å². The van der Waals surface area contributed by atoms with Gasteiger partial charge in [0.15, 0.2) is 0 Å². The van der Waals surface area contributed by atoms with E-state index in [4.69, 9.17) is 10.8 Å². The Bertz CT molecular complexity index is 431. The van der Waals surface area contributed by atoms with Gasteiger partial charge in [-0.3, -0.25) is 0 Å². The fourth-order valence-corrected chi connectivity index (χ4v) is 3.49. The minimum absolute atomic E-state index is 0. The molecule has 0 aliphatic rings. The average molecular weight is 380 g/mol. The normalized spacial score (nSPS) is 11.3. The van der Waals surface area contributed by atoms with Gasteiger partial charge in [0.2, 0.25) is 0 Å². The van der Waals surface area contributed by atoms with E-state index in [0.29, 0.717) is 19.4 Å². The zero-order chi connectivity index (χ0) is 14.8. The van der Waals surface area contributed by atoms with Crippen molar-refractivity contribution in [3.8, 4) is 0 Å². The van der Waals surface area contributed by atoms with Crippen LogP contribution in [0.25, 0.3) is 0 Å². The van der Waals surface area contributed by atoms with Crippen molar-refractivity contribution in [1.29, 1.82) is 0 Å². The fourth-order valence-electron chi connectivity index (χ4n) is 1.49. The first-order valence-electron chi connectivity index (χ1n) is 6.46. The third-order valence-corrected chi connectivity index (χ3v) is 4.83. The number of carboxylic acids is 1. The molecule has 0 saturated carbocycles. The molecule has 0 radical (unpaired) electrons. The van der Waals surface area contributed by atoms with Crippen LogP contribution in [0.3, 0.4) is 0 Å². The van der Waals surface area contributed by atoms with E-state index in [1.807, 2.05) is 30.3 Å². The zero-order valence-electron chi connectivity index (χ0n) is 11.7. The number of nitrogens with one attached hydrogen (secondary N) is 1. The summed E-state index contributed by atoms with van der Waals surface area (Å²) < 4.78 is 0. The van der Waals surface area contributed by atoms with Gasteiger partial charge in [-0.1, -0.05) is 0 Å². The monoisotopic (exact) mass is 380 g/mol. The quantitative estimate of drug-likeness (QED) is 0.447. The van der Waals surface area contributed by atoms with E-state index in [-0.39, 0.29) is 33.3 Å². The van der Waals surface area contributed by atoms with E-state index in [0.717, 1.165) is 16.2 Å². The van der Waals surface area contributed by atoms with Crippen molar-refractivity contribution in [1.82, 2.24) is 5.32 Å². The molecule has 118 valence electrons. The van der Waals surface area contributed by atoms with Gasteiger partial charge in [-0.15, -0.1) is 12.4 Å². The molecule has 1 amide bonds. The van der Waals surface area contributed by atoms with Crippen LogP contribution in [0, 0.1) is 0 Å². The summed E-state index contributed by atoms with van der Waals surface area (Å²) in [6, 6.07) is 8.99. The van der Waals surface area contributed by atoms with Crippen LogP contribution in [-0.4, -0.2) is 38.0 Å². The third-order valence-electron chi connectivity index (χ3n) is 2.70. The Hall–Kier alpha value is -1.07. The van der Waals surface area contributed by atoms with Crippen LogP contribution in [0.15, 0.2) is 30.3 Å². The molecule has 0 heterocycles. The second kappa shape index (κ2) is 11.6. The Kier molecular flexibility index (Phi) is 11.0. The minimum atomic E-state index is -0.957. The summed E-state index contributed by atoms with van der Waals surface area (Å²) >= 11 is 0.275. The molecule has 7 heteroatoms. The number of carbonyl (C=O) groups excluding carboxylic acids is 1. The third kappa shape index (κ3) is 9.47. The number of hydrogen-bond donors (Lipinski definition) is 3. The molecule has 0 aromatic heterocycles. The van der Waals surface area contributed by atoms with Crippen molar-refractivity contribution in [3.63, 3.8) is 0 Å². The first kappa shape index (κ1) is 19.9. The molecule has 1 atom stereocenters. The first-order chi connectivity index (χ1) is 9.59. The summed E-state index contributed by atoms with van der Waals surface area (Å²) in [5, 5.41) is 13.1. The molecule has 0 saturated heterocycles. The second-order valence-corrected chi connectivity index (χ2v) is 6.93. The van der Waals surface area contributed by atoms with Gasteiger partial charge in [0.1, 0.15) is 0 Å². The van der Waals surface area contributed by atoms with Gasteiger partial charge >= 0.3 is 125 Å². The molecule has 0 aliphatic heterocycles. The molecular formula is C14H21ClN2O3Se. The maximum absolute atomic E-state index is 11.6. The van der Waals surface area contributed by atoms with E-state index >= 15 is 0 Å². The molecule has 1 rings (SSSR count). The average Bonchev–Trinajstić information content (AvgIpc) is 2.45. The predicted molar refractivity (Wildman–Crippen MR) is 85.7 cm³/mol. The summed E-state index contributed by atoms with van der Waals surface area (Å²) in [6.07, 6.45) is 0.982. The van der Waals surface area contributed by atoms with E-state index in [2.05, 4.69) is 5.32 Å². The number of aliphatic carboxylic acids is 1. The summed E-state index contributed by atoms with van der Waals surface area (Å²) in [5.74, 6) is -0.917. The van der Waals surface area contributed by atoms with Gasteiger partial charge in [-0.25, -0.2) is 0 Å². The van der Waals surface area contributed by atoms with E-state index in [1.54, 1.807) is 0 Å². The van der Waals surface area contributed by atoms with Crippen LogP contribution in [0.2, 0.25) is 10.6 Å². The molecule has 0 aliphatic carbocycles. The molecule has 1 aromatic rings. The number of carboxylic acid groups (broad SMARTS) is 1. The summed E-state index contributed by atoms with van der Waals surface area (Å²) in [5.41, 5.74) is 6.48. The number of benzene rings is 1.